The van der Waals surface area contributed by atoms with E-state index in [2.05, 4.69) is 12.9 Å². The van der Waals surface area contributed by atoms with E-state index < -0.39 is 24.2 Å². The van der Waals surface area contributed by atoms with Crippen LogP contribution in [-0.2, 0) is 4.79 Å². The standard InChI is InChI=1S/C2H3O2.CH3.BrH.Mg/c1-2(3)4;;;/h1H2,(H,3,4);1H3;1H;/q;;;+1/p-1. The maximum Gasteiger partial charge on any atom is 0.483 e. The molecule has 0 aliphatic rings. The van der Waals surface area contributed by atoms with Crippen LogP contribution in [0.1, 0.15) is 0 Å². The van der Waals surface area contributed by atoms with Gasteiger partial charge in [0.2, 0.25) is 0 Å². The monoisotopic (exact) mass is 177 g/mol. The summed E-state index contributed by atoms with van der Waals surface area (Å²) in [7, 11) is 0. The average Bonchev–Trinajstić information content (AvgIpc) is 1.35. The van der Waals surface area contributed by atoms with Gasteiger partial charge in [0.25, 0.3) is 5.97 Å². The summed E-state index contributed by atoms with van der Waals surface area (Å²) < 4.78 is 0.347. The highest BCUT2D eigenvalue weighted by Gasteiger charge is 1.94. The first-order valence-electron chi connectivity index (χ1n) is 1.55. The van der Waals surface area contributed by atoms with Crippen molar-refractivity contribution < 1.29 is 9.90 Å². The summed E-state index contributed by atoms with van der Waals surface area (Å²) in [5, 5.41) is 7.92. The van der Waals surface area contributed by atoms with Crippen molar-refractivity contribution in [2.45, 2.75) is 4.55 Å². The van der Waals surface area contributed by atoms with Crippen LogP contribution in [0.15, 0.2) is 0 Å². The van der Waals surface area contributed by atoms with Gasteiger partial charge in [-0.05, 0) is 4.55 Å². The van der Waals surface area contributed by atoms with Crippen LogP contribution in [0.4, 0.5) is 0 Å². The summed E-state index contributed by atoms with van der Waals surface area (Å²) in [4.78, 5) is 9.60. The molecule has 0 aliphatic heterocycles. The van der Waals surface area contributed by atoms with Crippen LogP contribution < -0.4 is 0 Å². The third kappa shape index (κ3) is 10.8. The van der Waals surface area contributed by atoms with Crippen LogP contribution >= 0.6 is 12.9 Å². The van der Waals surface area contributed by atoms with Crippen molar-refractivity contribution in [3.05, 3.63) is 7.43 Å². The fourth-order valence-corrected chi connectivity index (χ4v) is 1.26. The number of hydrogen-bond donors (Lipinski definition) is 1. The second-order valence-corrected chi connectivity index (χ2v) is 4.09. The van der Waals surface area contributed by atoms with Gasteiger partial charge in [0.05, 0.1) is 0 Å². The van der Waals surface area contributed by atoms with Gasteiger partial charge in [0.15, 0.2) is 0 Å². The molecule has 0 aromatic heterocycles. The molecule has 0 amide bonds. The van der Waals surface area contributed by atoms with Crippen molar-refractivity contribution in [2.24, 2.45) is 0 Å². The molecule has 7 heavy (non-hydrogen) atoms. The first-order chi connectivity index (χ1) is 2.77. The van der Waals surface area contributed by atoms with Gasteiger partial charge in [-0.2, -0.15) is 0 Å². The highest BCUT2D eigenvalue weighted by atomic mass is 79.9. The van der Waals surface area contributed by atoms with Crippen LogP contribution in [-0.4, -0.2) is 29.3 Å². The average molecular weight is 178 g/mol. The number of carboxylic acid groups (broad SMARTS) is 1. The van der Waals surface area contributed by atoms with E-state index in [1.54, 1.807) is 0 Å². The van der Waals surface area contributed by atoms with Crippen LogP contribution in [0.2, 0.25) is 4.55 Å². The van der Waals surface area contributed by atoms with Crippen LogP contribution in [0, 0.1) is 7.43 Å². The topological polar surface area (TPSA) is 37.3 Å². The summed E-state index contributed by atoms with van der Waals surface area (Å²) in [6.45, 7) is 0. The lowest BCUT2D eigenvalue weighted by atomic mass is 10.8. The van der Waals surface area contributed by atoms with E-state index in [-0.39, 0.29) is 7.43 Å². The number of carboxylic acids is 1. The molecule has 0 spiro atoms. The lowest BCUT2D eigenvalue weighted by Crippen LogP contribution is -1.93. The maximum atomic E-state index is 9.60. The van der Waals surface area contributed by atoms with E-state index >= 15 is 0 Å². The predicted molar refractivity (Wildman–Crippen MR) is 33.5 cm³/mol. The second-order valence-electron chi connectivity index (χ2n) is 0.833. The van der Waals surface area contributed by atoms with Crippen LogP contribution in [0.5, 0.6) is 0 Å². The van der Waals surface area contributed by atoms with Gasteiger partial charge in [0, 0.05) is 0 Å². The van der Waals surface area contributed by atoms with E-state index in [0.717, 1.165) is 0 Å². The Morgan fingerprint density at radius 2 is 2.29 bits per heavy atom. The smallest absolute Gasteiger partial charge is 0.483 e. The molecular weight excluding hydrogens is 172 g/mol. The number of carbonyl (C=O) groups is 1. The molecule has 0 bridgehead atoms. The number of rotatable bonds is 2. The van der Waals surface area contributed by atoms with E-state index in [1.165, 1.54) is 0 Å². The molecule has 0 aromatic carbocycles. The minimum absolute atomic E-state index is 0. The fourth-order valence-electron chi connectivity index (χ4n) is 0.0808. The molecule has 1 N–H and O–H groups in total. The fraction of sp³-hybridized carbons (Fsp3) is 0.333. The lowest BCUT2D eigenvalue weighted by Gasteiger charge is -1.76. The lowest BCUT2D eigenvalue weighted by molar-refractivity contribution is -0.134. The van der Waals surface area contributed by atoms with Crippen molar-refractivity contribution in [2.75, 3.05) is 0 Å². The van der Waals surface area contributed by atoms with Gasteiger partial charge >= 0.3 is 18.2 Å². The Morgan fingerprint density at radius 1 is 1.86 bits per heavy atom. The Kier molecular flexibility index (Phi) is 10.2. The molecule has 39 valence electrons. The molecule has 0 atom stereocenters. The summed E-state index contributed by atoms with van der Waals surface area (Å²) >= 11 is 2.69. The molecule has 1 radical (unpaired) electrons. The molecule has 0 aromatic rings. The minimum Gasteiger partial charge on any atom is -0.483 e. The highest BCUT2D eigenvalue weighted by Crippen LogP contribution is 1.81. The van der Waals surface area contributed by atoms with Crippen molar-refractivity contribution in [1.29, 1.82) is 0 Å². The third-order valence-corrected chi connectivity index (χ3v) is 2.11. The van der Waals surface area contributed by atoms with Gasteiger partial charge in [-0.3, -0.25) is 4.79 Å². The van der Waals surface area contributed by atoms with E-state index in [4.69, 9.17) is 5.11 Å². The first kappa shape index (κ1) is 10.7. The molecular formula is C3H6BrMgO2. The third-order valence-electron chi connectivity index (χ3n) is 0.308. The number of halogens is 1. The normalized spacial score (nSPS) is 5.86. The predicted octanol–water partition coefficient (Wildman–Crippen LogP) is 0.954. The first-order valence-corrected chi connectivity index (χ1v) is 6.45. The molecule has 2 nitrogen and oxygen atoms in total. The molecule has 0 aliphatic carbocycles. The summed E-state index contributed by atoms with van der Waals surface area (Å²) in [6.07, 6.45) is 0. The van der Waals surface area contributed by atoms with Crippen molar-refractivity contribution in [1.82, 2.24) is 0 Å². The van der Waals surface area contributed by atoms with Crippen molar-refractivity contribution >= 4 is 37.0 Å². The largest absolute Gasteiger partial charge is 0.483 e. The number of hydrogen-bond acceptors (Lipinski definition) is 1. The zero-order valence-corrected chi connectivity index (χ0v) is 7.15. The van der Waals surface area contributed by atoms with Gasteiger partial charge in [0.1, 0.15) is 0 Å². The van der Waals surface area contributed by atoms with Crippen LogP contribution in [0.25, 0.3) is 0 Å². The van der Waals surface area contributed by atoms with Crippen molar-refractivity contribution in [3.63, 3.8) is 0 Å². The zero-order valence-electron chi connectivity index (χ0n) is 4.15. The van der Waals surface area contributed by atoms with Crippen LogP contribution in [0.3, 0.4) is 0 Å². The summed E-state index contributed by atoms with van der Waals surface area (Å²) in [5.74, 6) is -0.696. The maximum absolute atomic E-state index is 9.60. The molecule has 0 unspecified atom stereocenters. The molecule has 0 heterocycles. The Balaban J connectivity index is 0. The Morgan fingerprint density at radius 3 is 2.29 bits per heavy atom. The van der Waals surface area contributed by atoms with Crippen molar-refractivity contribution in [3.8, 4) is 0 Å². The Bertz CT molecular complexity index is 56.9. The Hall–Kier alpha value is 0.716. The van der Waals surface area contributed by atoms with Gasteiger partial charge in [-0.15, -0.1) is 0 Å². The van der Waals surface area contributed by atoms with Gasteiger partial charge in [-0.1, -0.05) is 7.43 Å². The molecule has 0 saturated heterocycles. The van der Waals surface area contributed by atoms with E-state index in [9.17, 15) is 4.79 Å². The molecule has 0 fully saturated rings. The zero-order chi connectivity index (χ0) is 4.99. The van der Waals surface area contributed by atoms with Gasteiger partial charge in [-0.25, -0.2) is 0 Å². The quantitative estimate of drug-likeness (QED) is 0.639. The van der Waals surface area contributed by atoms with E-state index in [1.807, 2.05) is 0 Å². The molecule has 4 heteroatoms. The SMILES string of the molecule is O=C(O)[CH2][Mg][Br].[CH3]. The summed E-state index contributed by atoms with van der Waals surface area (Å²) in [6, 6.07) is 0. The van der Waals surface area contributed by atoms with Gasteiger partial charge < -0.3 is 18.0 Å². The van der Waals surface area contributed by atoms with E-state index in [0.29, 0.717) is 4.55 Å². The molecule has 0 rings (SSSR count). The number of aliphatic carboxylic acids is 1. The Labute approximate surface area is 58.9 Å². The minimum atomic E-state index is -0.696. The summed E-state index contributed by atoms with van der Waals surface area (Å²) in [5.41, 5.74) is 0. The second kappa shape index (κ2) is 6.72. The highest BCUT2D eigenvalue weighted by molar-refractivity contribution is 9.23. The molecule has 0 saturated carbocycles.